The number of carbonyl (C=O) groups is 1. The van der Waals surface area contributed by atoms with E-state index < -0.39 is 7.26 Å². The molecule has 0 saturated carbocycles. The smallest absolute Gasteiger partial charge is 0.247 e. The monoisotopic (exact) mass is 315 g/mol. The van der Waals surface area contributed by atoms with E-state index in [0.717, 1.165) is 23.3 Å². The number of unbranched alkanes of at least 4 members (excludes halogenated alkanes) is 2. The molecule has 0 fully saturated rings. The molecule has 1 nitrogen and oxygen atoms in total. The van der Waals surface area contributed by atoms with Gasteiger partial charge in [-0.1, -0.05) is 63.1 Å². The summed E-state index contributed by atoms with van der Waals surface area (Å²) in [6, 6.07) is 14.4. The minimum absolute atomic E-state index is 0.436. The summed E-state index contributed by atoms with van der Waals surface area (Å²) in [5.74, 6) is 0. The number of carbonyl (C=O) groups excluding carboxylic acids is 1. The van der Waals surface area contributed by atoms with E-state index in [9.17, 15) is 4.79 Å². The van der Waals surface area contributed by atoms with Gasteiger partial charge in [-0.25, -0.2) is 4.79 Å². The lowest BCUT2D eigenvalue weighted by Gasteiger charge is -2.21. The van der Waals surface area contributed by atoms with Gasteiger partial charge >= 0.3 is 0 Å². The van der Waals surface area contributed by atoms with Gasteiger partial charge in [-0.15, -0.1) is 0 Å². The second kappa shape index (κ2) is 7.88. The van der Waals surface area contributed by atoms with E-state index in [0.29, 0.717) is 5.52 Å². The van der Waals surface area contributed by atoms with Crippen LogP contribution >= 0.6 is 7.26 Å². The molecule has 0 unspecified atom stereocenters. The molecule has 0 aliphatic carbocycles. The fourth-order valence-corrected chi connectivity index (χ4v) is 6.47. The van der Waals surface area contributed by atoms with Crippen LogP contribution in [0.4, 0.5) is 0 Å². The Morgan fingerprint density at radius 2 is 1.50 bits per heavy atom. The van der Waals surface area contributed by atoms with Crippen LogP contribution in [-0.2, 0) is 0 Å². The van der Waals surface area contributed by atoms with Crippen molar-refractivity contribution in [2.24, 2.45) is 0 Å². The Hall–Kier alpha value is -1.20. The summed E-state index contributed by atoms with van der Waals surface area (Å²) in [5.41, 5.74) is 1.38. The first-order valence-electron chi connectivity index (χ1n) is 8.49. The third-order valence-electron chi connectivity index (χ3n) is 4.52. The van der Waals surface area contributed by atoms with Gasteiger partial charge in [0.25, 0.3) is 5.52 Å². The van der Waals surface area contributed by atoms with Crippen molar-refractivity contribution in [3.63, 3.8) is 0 Å². The number of hydrogen-bond acceptors (Lipinski definition) is 1. The first-order valence-corrected chi connectivity index (χ1v) is 11.1. The molecule has 2 aromatic carbocycles. The Morgan fingerprint density at radius 1 is 0.909 bits per heavy atom. The van der Waals surface area contributed by atoms with Gasteiger partial charge in [-0.3, -0.25) is 0 Å². The number of fused-ring (bicyclic) bond motifs is 1. The molecule has 0 aliphatic heterocycles. The molecule has 0 aromatic heterocycles. The minimum atomic E-state index is -1.56. The predicted molar refractivity (Wildman–Crippen MR) is 101 cm³/mol. The zero-order valence-electron chi connectivity index (χ0n) is 14.1. The van der Waals surface area contributed by atoms with Crippen LogP contribution in [0.25, 0.3) is 10.8 Å². The lowest BCUT2D eigenvalue weighted by atomic mass is 10.1. The molecule has 0 saturated heterocycles. The number of rotatable bonds is 8. The molecule has 0 bridgehead atoms. The Balaban J connectivity index is 2.40. The zero-order chi connectivity index (χ0) is 16.0. The van der Waals surface area contributed by atoms with Gasteiger partial charge in [0.1, 0.15) is 0 Å². The molecule has 0 atom stereocenters. The molecule has 118 valence electrons. The van der Waals surface area contributed by atoms with Crippen molar-refractivity contribution in [2.45, 2.75) is 39.5 Å². The summed E-state index contributed by atoms with van der Waals surface area (Å²) in [5, 5.41) is 2.29. The lowest BCUT2D eigenvalue weighted by Crippen LogP contribution is -2.14. The second-order valence-electron chi connectivity index (χ2n) is 6.38. The Labute approximate surface area is 135 Å². The van der Waals surface area contributed by atoms with Crippen molar-refractivity contribution < 1.29 is 4.79 Å². The maximum Gasteiger partial charge on any atom is 0.298 e. The normalized spacial score (nSPS) is 11.8. The molecule has 0 aliphatic rings. The summed E-state index contributed by atoms with van der Waals surface area (Å²) >= 11 is 0. The minimum Gasteiger partial charge on any atom is -0.247 e. The Morgan fingerprint density at radius 3 is 2.14 bits per heavy atom. The summed E-state index contributed by atoms with van der Waals surface area (Å²) in [7, 11) is -1.56. The van der Waals surface area contributed by atoms with Crippen molar-refractivity contribution in [3.8, 4) is 0 Å². The maximum absolute atomic E-state index is 13.3. The van der Waals surface area contributed by atoms with Crippen molar-refractivity contribution >= 4 is 23.6 Å². The zero-order valence-corrected chi connectivity index (χ0v) is 15.0. The van der Waals surface area contributed by atoms with E-state index in [4.69, 9.17) is 0 Å². The third kappa shape index (κ3) is 3.76. The van der Waals surface area contributed by atoms with Gasteiger partial charge in [-0.05, 0) is 29.7 Å². The fraction of sp³-hybridized carbons (Fsp3) is 0.450. The largest absolute Gasteiger partial charge is 0.298 e. The van der Waals surface area contributed by atoms with Gasteiger partial charge < -0.3 is 0 Å². The van der Waals surface area contributed by atoms with Gasteiger partial charge in [-0.2, -0.15) is 0 Å². The van der Waals surface area contributed by atoms with Gasteiger partial charge in [0.2, 0.25) is 0 Å². The molecule has 2 rings (SSSR count). The van der Waals surface area contributed by atoms with Crippen LogP contribution in [0.2, 0.25) is 0 Å². The summed E-state index contributed by atoms with van der Waals surface area (Å²) in [4.78, 5) is 13.3. The molecule has 0 heterocycles. The Kier molecular flexibility index (Phi) is 6.15. The van der Waals surface area contributed by atoms with E-state index in [1.807, 2.05) is 24.3 Å². The topological polar surface area (TPSA) is 17.1 Å². The highest BCUT2D eigenvalue weighted by atomic mass is 31.2. The van der Waals surface area contributed by atoms with Crippen molar-refractivity contribution in [2.75, 3.05) is 19.0 Å². The summed E-state index contributed by atoms with van der Waals surface area (Å²) < 4.78 is 0. The molecule has 0 radical (unpaired) electrons. The highest BCUT2D eigenvalue weighted by Crippen LogP contribution is 2.59. The van der Waals surface area contributed by atoms with Gasteiger partial charge in [0.05, 0.1) is 31.8 Å². The highest BCUT2D eigenvalue weighted by molar-refractivity contribution is 7.91. The predicted octanol–water partition coefficient (Wildman–Crippen LogP) is 6.23. The first-order chi connectivity index (χ1) is 10.6. The molecule has 2 aromatic rings. The average Bonchev–Trinajstić information content (AvgIpc) is 2.57. The van der Waals surface area contributed by atoms with Gasteiger partial charge in [0, 0.05) is 0 Å². The highest BCUT2D eigenvalue weighted by Gasteiger charge is 2.40. The van der Waals surface area contributed by atoms with Crippen LogP contribution in [0.15, 0.2) is 42.5 Å². The van der Waals surface area contributed by atoms with E-state index in [1.165, 1.54) is 31.1 Å². The summed E-state index contributed by atoms with van der Waals surface area (Å²) in [6.45, 7) is 6.71. The molecule has 2 heteroatoms. The average molecular weight is 315 g/mol. The van der Waals surface area contributed by atoms with Gasteiger partial charge in [0.15, 0.2) is 0 Å². The molecule has 22 heavy (non-hydrogen) atoms. The SMILES string of the molecule is CCCC[P+](C)(CCCC)C(=O)c1cccc2ccccc12. The molecular formula is C20H28OP+. The van der Waals surface area contributed by atoms with Crippen LogP contribution < -0.4 is 0 Å². The summed E-state index contributed by atoms with van der Waals surface area (Å²) in [6.07, 6.45) is 6.89. The molecule has 0 spiro atoms. The molecular weight excluding hydrogens is 287 g/mol. The van der Waals surface area contributed by atoms with Crippen LogP contribution in [-0.4, -0.2) is 24.5 Å². The quantitative estimate of drug-likeness (QED) is 0.528. The Bertz CT molecular complexity index is 619. The molecule has 0 amide bonds. The first kappa shape index (κ1) is 17.2. The number of benzene rings is 2. The van der Waals surface area contributed by atoms with E-state index in [1.54, 1.807) is 0 Å². The van der Waals surface area contributed by atoms with Crippen LogP contribution in [0.1, 0.15) is 49.9 Å². The van der Waals surface area contributed by atoms with E-state index in [2.05, 4.69) is 38.7 Å². The maximum atomic E-state index is 13.3. The molecule has 0 N–H and O–H groups in total. The van der Waals surface area contributed by atoms with Crippen molar-refractivity contribution in [3.05, 3.63) is 48.0 Å². The van der Waals surface area contributed by atoms with Crippen LogP contribution in [0, 0.1) is 0 Å². The van der Waals surface area contributed by atoms with Crippen LogP contribution in [0.5, 0.6) is 0 Å². The van der Waals surface area contributed by atoms with Crippen molar-refractivity contribution in [1.82, 2.24) is 0 Å². The third-order valence-corrected chi connectivity index (χ3v) is 8.35. The van der Waals surface area contributed by atoms with Crippen molar-refractivity contribution in [1.29, 1.82) is 0 Å². The second-order valence-corrected chi connectivity index (χ2v) is 10.5. The van der Waals surface area contributed by atoms with E-state index in [-0.39, 0.29) is 0 Å². The van der Waals surface area contributed by atoms with E-state index >= 15 is 0 Å². The standard InChI is InChI=1S/C20H28OP/c1-4-6-15-22(3,16-7-5-2)20(21)19-14-10-12-17-11-8-9-13-18(17)19/h8-14H,4-7,15-16H2,1-3H3/q+1. The number of hydrogen-bond donors (Lipinski definition) is 0. The van der Waals surface area contributed by atoms with Crippen LogP contribution in [0.3, 0.4) is 0 Å². The fourth-order valence-electron chi connectivity index (χ4n) is 3.03. The lowest BCUT2D eigenvalue weighted by molar-refractivity contribution is 0.108.